The number of ether oxygens (including phenoxy) is 2. The first-order valence-electron chi connectivity index (χ1n) is 4.97. The molecule has 0 aliphatic carbocycles. The van der Waals surface area contributed by atoms with Crippen molar-refractivity contribution in [3.8, 4) is 5.75 Å². The molecule has 15 heavy (non-hydrogen) atoms. The molecule has 1 saturated heterocycles. The third-order valence-corrected chi connectivity index (χ3v) is 3.10. The van der Waals surface area contributed by atoms with Crippen LogP contribution < -0.4 is 10.1 Å². The number of nitrogens with one attached hydrogen (secondary N) is 1. The third kappa shape index (κ3) is 2.33. The van der Waals surface area contributed by atoms with Gasteiger partial charge in [-0.25, -0.2) is 0 Å². The largest absolute Gasteiger partial charge is 0.495 e. The van der Waals surface area contributed by atoms with Gasteiger partial charge in [0, 0.05) is 18.7 Å². The van der Waals surface area contributed by atoms with E-state index in [9.17, 15) is 0 Å². The van der Waals surface area contributed by atoms with Crippen LogP contribution in [-0.2, 0) is 4.74 Å². The van der Waals surface area contributed by atoms with E-state index in [1.54, 1.807) is 7.11 Å². The minimum atomic E-state index is 0.0891. The average molecular weight is 272 g/mol. The Balaban J connectivity index is 2.29. The molecule has 3 nitrogen and oxygen atoms in total. The van der Waals surface area contributed by atoms with Crippen LogP contribution in [0.1, 0.15) is 11.7 Å². The summed E-state index contributed by atoms with van der Waals surface area (Å²) >= 11 is 3.47. The summed E-state index contributed by atoms with van der Waals surface area (Å²) in [4.78, 5) is 0. The van der Waals surface area contributed by atoms with Gasteiger partial charge in [0.25, 0.3) is 0 Å². The van der Waals surface area contributed by atoms with Gasteiger partial charge in [0.15, 0.2) is 0 Å². The van der Waals surface area contributed by atoms with E-state index < -0.39 is 0 Å². The summed E-state index contributed by atoms with van der Waals surface area (Å²) in [6.45, 7) is 2.51. The van der Waals surface area contributed by atoms with Crippen molar-refractivity contribution >= 4 is 15.9 Å². The molecule has 0 saturated carbocycles. The third-order valence-electron chi connectivity index (χ3n) is 2.48. The van der Waals surface area contributed by atoms with Crippen LogP contribution in [0.5, 0.6) is 5.75 Å². The van der Waals surface area contributed by atoms with Crippen LogP contribution in [0.15, 0.2) is 22.7 Å². The smallest absolute Gasteiger partial charge is 0.138 e. The molecule has 1 atom stereocenters. The van der Waals surface area contributed by atoms with Gasteiger partial charge in [-0.2, -0.15) is 0 Å². The Hall–Kier alpha value is -0.580. The van der Waals surface area contributed by atoms with Crippen molar-refractivity contribution in [3.63, 3.8) is 0 Å². The fourth-order valence-electron chi connectivity index (χ4n) is 1.76. The maximum absolute atomic E-state index is 5.70. The highest BCUT2D eigenvalue weighted by molar-refractivity contribution is 9.10. The number of methoxy groups -OCH3 is 1. The maximum atomic E-state index is 5.70. The Kier molecular flexibility index (Phi) is 3.61. The summed E-state index contributed by atoms with van der Waals surface area (Å²) in [7, 11) is 1.68. The number of hydrogen-bond acceptors (Lipinski definition) is 3. The first-order chi connectivity index (χ1) is 7.33. The standard InChI is InChI=1S/C11H14BrNO2/c1-14-11-8(3-2-4-9(11)12)10-7-13-5-6-15-10/h2-4,10,13H,5-7H2,1H3. The molecule has 1 N–H and O–H groups in total. The lowest BCUT2D eigenvalue weighted by atomic mass is 10.1. The van der Waals surface area contributed by atoms with E-state index in [0.29, 0.717) is 0 Å². The molecule has 1 aromatic rings. The number of rotatable bonds is 2. The predicted molar refractivity (Wildman–Crippen MR) is 62.3 cm³/mol. The van der Waals surface area contributed by atoms with Crippen molar-refractivity contribution in [2.75, 3.05) is 26.8 Å². The number of halogens is 1. The summed E-state index contributed by atoms with van der Waals surface area (Å²) in [6.07, 6.45) is 0.0891. The second-order valence-electron chi connectivity index (χ2n) is 3.43. The molecule has 4 heteroatoms. The second kappa shape index (κ2) is 4.96. The first kappa shape index (κ1) is 10.9. The van der Waals surface area contributed by atoms with Gasteiger partial charge in [-0.3, -0.25) is 0 Å². The number of morpholine rings is 1. The molecular formula is C11H14BrNO2. The normalized spacial score (nSPS) is 21.3. The van der Waals surface area contributed by atoms with Gasteiger partial charge in [-0.15, -0.1) is 0 Å². The summed E-state index contributed by atoms with van der Waals surface area (Å²) in [5.74, 6) is 0.867. The number of benzene rings is 1. The van der Waals surface area contributed by atoms with E-state index >= 15 is 0 Å². The Morgan fingerprint density at radius 2 is 2.40 bits per heavy atom. The van der Waals surface area contributed by atoms with Crippen LogP contribution in [0.4, 0.5) is 0 Å². The van der Waals surface area contributed by atoms with Crippen LogP contribution in [0.25, 0.3) is 0 Å². The summed E-state index contributed by atoms with van der Waals surface area (Å²) < 4.78 is 12.0. The van der Waals surface area contributed by atoms with Crippen molar-refractivity contribution in [2.24, 2.45) is 0 Å². The lowest BCUT2D eigenvalue weighted by Crippen LogP contribution is -2.33. The highest BCUT2D eigenvalue weighted by Gasteiger charge is 2.20. The minimum Gasteiger partial charge on any atom is -0.495 e. The van der Waals surface area contributed by atoms with Crippen molar-refractivity contribution in [3.05, 3.63) is 28.2 Å². The zero-order chi connectivity index (χ0) is 10.7. The van der Waals surface area contributed by atoms with Gasteiger partial charge < -0.3 is 14.8 Å². The van der Waals surface area contributed by atoms with E-state index in [-0.39, 0.29) is 6.10 Å². The molecule has 0 aromatic heterocycles. The van der Waals surface area contributed by atoms with Gasteiger partial charge in [0.05, 0.1) is 24.3 Å². The SMILES string of the molecule is COc1c(Br)cccc1C1CNCCO1. The molecule has 1 aliphatic rings. The quantitative estimate of drug-likeness (QED) is 0.894. The lowest BCUT2D eigenvalue weighted by Gasteiger charge is -2.25. The Morgan fingerprint density at radius 3 is 3.07 bits per heavy atom. The van der Waals surface area contributed by atoms with Crippen LogP contribution in [0.3, 0.4) is 0 Å². The Bertz CT molecular complexity index is 337. The lowest BCUT2D eigenvalue weighted by molar-refractivity contribution is 0.0262. The second-order valence-corrected chi connectivity index (χ2v) is 4.28. The van der Waals surface area contributed by atoms with E-state index in [4.69, 9.17) is 9.47 Å². The first-order valence-corrected chi connectivity index (χ1v) is 5.77. The molecule has 0 spiro atoms. The van der Waals surface area contributed by atoms with Crippen LogP contribution in [-0.4, -0.2) is 26.8 Å². The zero-order valence-corrected chi connectivity index (χ0v) is 10.2. The molecule has 1 fully saturated rings. The molecule has 0 radical (unpaired) electrons. The molecule has 1 unspecified atom stereocenters. The molecule has 0 bridgehead atoms. The molecule has 2 rings (SSSR count). The summed E-state index contributed by atoms with van der Waals surface area (Å²) in [6, 6.07) is 6.01. The number of para-hydroxylation sites is 1. The molecule has 0 amide bonds. The number of hydrogen-bond donors (Lipinski definition) is 1. The van der Waals surface area contributed by atoms with Crippen molar-refractivity contribution in [1.82, 2.24) is 5.32 Å². The maximum Gasteiger partial charge on any atom is 0.138 e. The van der Waals surface area contributed by atoms with E-state index in [1.165, 1.54) is 0 Å². The summed E-state index contributed by atoms with van der Waals surface area (Å²) in [5, 5.41) is 3.31. The van der Waals surface area contributed by atoms with E-state index in [0.717, 1.165) is 35.5 Å². The molecule has 1 aliphatic heterocycles. The monoisotopic (exact) mass is 271 g/mol. The van der Waals surface area contributed by atoms with Crippen LogP contribution >= 0.6 is 15.9 Å². The van der Waals surface area contributed by atoms with E-state index in [1.807, 2.05) is 18.2 Å². The van der Waals surface area contributed by atoms with Gasteiger partial charge in [-0.1, -0.05) is 12.1 Å². The van der Waals surface area contributed by atoms with Crippen LogP contribution in [0, 0.1) is 0 Å². The molecule has 1 aromatic carbocycles. The van der Waals surface area contributed by atoms with Gasteiger partial charge in [0.2, 0.25) is 0 Å². The van der Waals surface area contributed by atoms with Gasteiger partial charge >= 0.3 is 0 Å². The highest BCUT2D eigenvalue weighted by atomic mass is 79.9. The summed E-state index contributed by atoms with van der Waals surface area (Å²) in [5.41, 5.74) is 1.10. The zero-order valence-electron chi connectivity index (χ0n) is 8.63. The predicted octanol–water partition coefficient (Wildman–Crippen LogP) is 2.12. The molecule has 1 heterocycles. The van der Waals surface area contributed by atoms with Gasteiger partial charge in [0.1, 0.15) is 5.75 Å². The van der Waals surface area contributed by atoms with Crippen molar-refractivity contribution in [2.45, 2.75) is 6.10 Å². The molecule has 82 valence electrons. The topological polar surface area (TPSA) is 30.5 Å². The highest BCUT2D eigenvalue weighted by Crippen LogP contribution is 2.34. The van der Waals surface area contributed by atoms with Crippen molar-refractivity contribution in [1.29, 1.82) is 0 Å². The fourth-order valence-corrected chi connectivity index (χ4v) is 2.30. The van der Waals surface area contributed by atoms with Crippen LogP contribution in [0.2, 0.25) is 0 Å². The van der Waals surface area contributed by atoms with E-state index in [2.05, 4.69) is 21.2 Å². The minimum absolute atomic E-state index is 0.0891. The fraction of sp³-hybridized carbons (Fsp3) is 0.455. The molecular weight excluding hydrogens is 258 g/mol. The van der Waals surface area contributed by atoms with Crippen molar-refractivity contribution < 1.29 is 9.47 Å². The Morgan fingerprint density at radius 1 is 1.53 bits per heavy atom. The van der Waals surface area contributed by atoms with Gasteiger partial charge in [-0.05, 0) is 22.0 Å². The Labute approximate surface area is 97.9 Å². The average Bonchev–Trinajstić information content (AvgIpc) is 2.30.